The predicted molar refractivity (Wildman–Crippen MR) is 156 cm³/mol. The molecule has 0 unspecified atom stereocenters. The van der Waals surface area contributed by atoms with Crippen molar-refractivity contribution in [1.82, 2.24) is 24.5 Å². The molecule has 12 heteroatoms. The molecule has 2 heterocycles. The van der Waals surface area contributed by atoms with Gasteiger partial charge in [0, 0.05) is 36.6 Å². The Kier molecular flexibility index (Phi) is 8.58. The number of methoxy groups -OCH3 is 1. The summed E-state index contributed by atoms with van der Waals surface area (Å²) >= 11 is 6.26. The van der Waals surface area contributed by atoms with Gasteiger partial charge in [0.15, 0.2) is 0 Å². The Morgan fingerprint density at radius 2 is 1.83 bits per heavy atom. The third-order valence-corrected chi connectivity index (χ3v) is 7.90. The Balaban J connectivity index is 1.33. The maximum Gasteiger partial charge on any atom is 0.240 e. The molecule has 5 aromatic rings. The number of anilines is 1. The third-order valence-electron chi connectivity index (χ3n) is 6.13. The fourth-order valence-corrected chi connectivity index (χ4v) is 5.40. The second-order valence-corrected chi connectivity index (χ2v) is 11.1. The third kappa shape index (κ3) is 6.71. The highest BCUT2D eigenvalue weighted by molar-refractivity contribution is 7.89. The fourth-order valence-electron chi connectivity index (χ4n) is 4.10. The zero-order valence-corrected chi connectivity index (χ0v) is 23.5. The monoisotopic (exact) mass is 592 g/mol. The first kappa shape index (κ1) is 28.2. The van der Waals surface area contributed by atoms with Gasteiger partial charge in [-0.1, -0.05) is 41.9 Å². The van der Waals surface area contributed by atoms with Crippen molar-refractivity contribution in [3.63, 3.8) is 0 Å². The molecule has 2 N–H and O–H groups in total. The molecular formula is C29H26ClFN6O3S. The second-order valence-electron chi connectivity index (χ2n) is 8.92. The highest BCUT2D eigenvalue weighted by Gasteiger charge is 2.18. The summed E-state index contributed by atoms with van der Waals surface area (Å²) in [5.74, 6) is 0.296. The van der Waals surface area contributed by atoms with E-state index in [-0.39, 0.29) is 11.4 Å². The summed E-state index contributed by atoms with van der Waals surface area (Å²) in [7, 11) is -2.25. The van der Waals surface area contributed by atoms with E-state index in [2.05, 4.69) is 20.0 Å². The van der Waals surface area contributed by atoms with Gasteiger partial charge in [-0.3, -0.25) is 0 Å². The Labute approximate surface area is 242 Å². The molecule has 0 saturated carbocycles. The molecule has 2 aromatic heterocycles. The lowest BCUT2D eigenvalue weighted by Crippen LogP contribution is -2.26. The number of benzene rings is 3. The number of nitrogens with zero attached hydrogens (tertiary/aromatic N) is 4. The average molecular weight is 593 g/mol. The highest BCUT2D eigenvalue weighted by atomic mass is 35.5. The number of aromatic nitrogens is 4. The van der Waals surface area contributed by atoms with E-state index in [4.69, 9.17) is 21.4 Å². The molecule has 0 bridgehead atoms. The molecule has 0 fully saturated rings. The molecule has 0 aliphatic heterocycles. The zero-order chi connectivity index (χ0) is 28.8. The van der Waals surface area contributed by atoms with Crippen LogP contribution in [0.4, 0.5) is 10.3 Å². The summed E-state index contributed by atoms with van der Waals surface area (Å²) in [4.78, 5) is 8.88. The van der Waals surface area contributed by atoms with Gasteiger partial charge in [0.2, 0.25) is 16.0 Å². The number of ether oxygens (including phenoxy) is 1. The van der Waals surface area contributed by atoms with Crippen molar-refractivity contribution in [1.29, 1.82) is 0 Å². The van der Waals surface area contributed by atoms with Gasteiger partial charge >= 0.3 is 0 Å². The van der Waals surface area contributed by atoms with Crippen LogP contribution in [0, 0.1) is 5.82 Å². The largest absolute Gasteiger partial charge is 0.495 e. The minimum Gasteiger partial charge on any atom is -0.495 e. The number of hydrogen-bond donors (Lipinski definition) is 2. The Morgan fingerprint density at radius 1 is 1.00 bits per heavy atom. The van der Waals surface area contributed by atoms with E-state index in [1.54, 1.807) is 30.1 Å². The van der Waals surface area contributed by atoms with Crippen LogP contribution in [0.2, 0.25) is 5.02 Å². The number of halogens is 2. The number of sulfonamides is 1. The van der Waals surface area contributed by atoms with Crippen molar-refractivity contribution in [2.24, 2.45) is 0 Å². The van der Waals surface area contributed by atoms with Gasteiger partial charge in [-0.2, -0.15) is 5.10 Å². The van der Waals surface area contributed by atoms with E-state index >= 15 is 0 Å². The molecule has 0 aliphatic rings. The standard InChI is InChI=1S/C29H26ClFN6O3S/c1-40-27-17-20(11-12-25(27)30)28-24(19-37(36-28)22-8-3-2-4-9-22)26-13-16-33-29(35-26)32-14-6-15-34-41(38,39)23-10-5-7-21(31)18-23/h2-5,7-13,16-19,34H,6,14-15H2,1H3,(H,32,33,35). The number of nitrogens with one attached hydrogen (secondary N) is 2. The zero-order valence-electron chi connectivity index (χ0n) is 22.0. The molecule has 3 aromatic carbocycles. The minimum atomic E-state index is -3.81. The van der Waals surface area contributed by atoms with Crippen molar-refractivity contribution in [2.75, 3.05) is 25.5 Å². The van der Waals surface area contributed by atoms with E-state index in [1.807, 2.05) is 48.7 Å². The second kappa shape index (κ2) is 12.5. The molecule has 0 spiro atoms. The van der Waals surface area contributed by atoms with Crippen LogP contribution in [-0.4, -0.2) is 48.4 Å². The topological polar surface area (TPSA) is 111 Å². The van der Waals surface area contributed by atoms with Crippen LogP contribution in [0.25, 0.3) is 28.2 Å². The lowest BCUT2D eigenvalue weighted by Gasteiger charge is -2.09. The summed E-state index contributed by atoms with van der Waals surface area (Å²) in [5.41, 5.74) is 3.77. The van der Waals surface area contributed by atoms with Gasteiger partial charge in [0.05, 0.1) is 28.4 Å². The SMILES string of the molecule is COc1cc(-c2nn(-c3ccccc3)cc2-c2ccnc(NCCCNS(=O)(=O)c3cccc(F)c3)n2)ccc1Cl. The van der Waals surface area contributed by atoms with Gasteiger partial charge in [0.25, 0.3) is 0 Å². The van der Waals surface area contributed by atoms with Crippen LogP contribution in [0.3, 0.4) is 0 Å². The lowest BCUT2D eigenvalue weighted by molar-refractivity contribution is 0.415. The molecule has 0 atom stereocenters. The van der Waals surface area contributed by atoms with E-state index < -0.39 is 15.8 Å². The number of rotatable bonds is 11. The van der Waals surface area contributed by atoms with E-state index in [1.165, 1.54) is 18.2 Å². The Morgan fingerprint density at radius 3 is 2.61 bits per heavy atom. The van der Waals surface area contributed by atoms with Gasteiger partial charge in [-0.15, -0.1) is 0 Å². The smallest absolute Gasteiger partial charge is 0.240 e. The van der Waals surface area contributed by atoms with Gasteiger partial charge < -0.3 is 10.1 Å². The van der Waals surface area contributed by atoms with Crippen molar-refractivity contribution >= 4 is 27.6 Å². The van der Waals surface area contributed by atoms with Gasteiger partial charge in [-0.05, 0) is 55.0 Å². The molecular weight excluding hydrogens is 567 g/mol. The van der Waals surface area contributed by atoms with Gasteiger partial charge in [-0.25, -0.2) is 32.2 Å². The van der Waals surface area contributed by atoms with Crippen molar-refractivity contribution < 1.29 is 17.5 Å². The molecule has 5 rings (SSSR count). The lowest BCUT2D eigenvalue weighted by atomic mass is 10.1. The van der Waals surface area contributed by atoms with Crippen molar-refractivity contribution in [2.45, 2.75) is 11.3 Å². The normalized spacial score (nSPS) is 11.4. The average Bonchev–Trinajstić information content (AvgIpc) is 3.44. The maximum absolute atomic E-state index is 13.4. The summed E-state index contributed by atoms with van der Waals surface area (Å²) in [6, 6.07) is 21.9. The quantitative estimate of drug-likeness (QED) is 0.193. The molecule has 9 nitrogen and oxygen atoms in total. The number of hydrogen-bond acceptors (Lipinski definition) is 7. The fraction of sp³-hybridized carbons (Fsp3) is 0.138. The van der Waals surface area contributed by atoms with Crippen molar-refractivity contribution in [3.05, 3.63) is 102 Å². The van der Waals surface area contributed by atoms with Crippen LogP contribution < -0.4 is 14.8 Å². The first-order valence-corrected chi connectivity index (χ1v) is 14.5. The molecule has 0 amide bonds. The predicted octanol–water partition coefficient (Wildman–Crippen LogP) is 5.58. The Bertz CT molecular complexity index is 1770. The molecule has 41 heavy (non-hydrogen) atoms. The van der Waals surface area contributed by atoms with Gasteiger partial charge in [0.1, 0.15) is 17.3 Å². The molecule has 0 aliphatic carbocycles. The molecule has 210 valence electrons. The molecule has 0 radical (unpaired) electrons. The summed E-state index contributed by atoms with van der Waals surface area (Å²) in [6.45, 7) is 0.553. The summed E-state index contributed by atoms with van der Waals surface area (Å²) < 4.78 is 47.9. The minimum absolute atomic E-state index is 0.119. The number of para-hydroxylation sites is 1. The van der Waals surface area contributed by atoms with Crippen LogP contribution in [-0.2, 0) is 10.0 Å². The van der Waals surface area contributed by atoms with E-state index in [0.29, 0.717) is 41.1 Å². The Hall–Kier alpha value is -4.32. The van der Waals surface area contributed by atoms with Crippen LogP contribution in [0.15, 0.2) is 96.2 Å². The van der Waals surface area contributed by atoms with Crippen molar-refractivity contribution in [3.8, 4) is 34.0 Å². The van der Waals surface area contributed by atoms with Crippen LogP contribution in [0.1, 0.15) is 6.42 Å². The first-order valence-electron chi connectivity index (χ1n) is 12.7. The van der Waals surface area contributed by atoms with Crippen LogP contribution in [0.5, 0.6) is 5.75 Å². The highest BCUT2D eigenvalue weighted by Crippen LogP contribution is 2.35. The molecule has 0 saturated heterocycles. The first-order chi connectivity index (χ1) is 19.8. The maximum atomic E-state index is 13.4. The van der Waals surface area contributed by atoms with Crippen LogP contribution >= 0.6 is 11.6 Å². The van der Waals surface area contributed by atoms with E-state index in [9.17, 15) is 12.8 Å². The summed E-state index contributed by atoms with van der Waals surface area (Å²) in [6.07, 6.45) is 3.99. The summed E-state index contributed by atoms with van der Waals surface area (Å²) in [5, 5.41) is 8.47. The van der Waals surface area contributed by atoms with E-state index in [0.717, 1.165) is 22.9 Å².